The van der Waals surface area contributed by atoms with Crippen molar-refractivity contribution in [2.75, 3.05) is 39.8 Å². The lowest BCUT2D eigenvalue weighted by Crippen LogP contribution is -2.50. The van der Waals surface area contributed by atoms with Gasteiger partial charge in [0.05, 0.1) is 19.1 Å². The van der Waals surface area contributed by atoms with E-state index in [-0.39, 0.29) is 42.8 Å². The molecular weight excluding hydrogens is 360 g/mol. The van der Waals surface area contributed by atoms with Crippen molar-refractivity contribution in [2.45, 2.75) is 25.3 Å². The van der Waals surface area contributed by atoms with Crippen molar-refractivity contribution in [3.05, 3.63) is 36.6 Å². The minimum absolute atomic E-state index is 0.0870. The third-order valence-electron chi connectivity index (χ3n) is 4.75. The summed E-state index contributed by atoms with van der Waals surface area (Å²) in [5, 5.41) is 8.54. The third-order valence-corrected chi connectivity index (χ3v) is 4.75. The van der Waals surface area contributed by atoms with Crippen LogP contribution in [0.2, 0.25) is 0 Å². The van der Waals surface area contributed by atoms with Crippen LogP contribution in [0.1, 0.15) is 19.3 Å². The minimum Gasteiger partial charge on any atom is -0.492 e. The number of nitrogens with zero attached hydrogens (tertiary/aromatic N) is 1. The van der Waals surface area contributed by atoms with E-state index in [1.807, 2.05) is 0 Å². The molecule has 1 saturated carbocycles. The molecule has 8 heteroatoms. The largest absolute Gasteiger partial charge is 0.492 e. The van der Waals surface area contributed by atoms with E-state index in [2.05, 4.69) is 29.1 Å². The van der Waals surface area contributed by atoms with E-state index in [1.54, 1.807) is 19.2 Å². The van der Waals surface area contributed by atoms with Crippen LogP contribution in [-0.4, -0.2) is 68.5 Å². The van der Waals surface area contributed by atoms with Gasteiger partial charge in [-0.15, -0.1) is 0 Å². The average Bonchev–Trinajstić information content (AvgIpc) is 3.51. The molecule has 1 fully saturated rings. The summed E-state index contributed by atoms with van der Waals surface area (Å²) in [5.74, 6) is 0.0965. The van der Waals surface area contributed by atoms with Gasteiger partial charge < -0.3 is 25.6 Å². The highest BCUT2D eigenvalue weighted by Gasteiger charge is 2.37. The molecule has 0 radical (unpaired) electrons. The Kier molecular flexibility index (Phi) is 8.25. The van der Waals surface area contributed by atoms with Crippen LogP contribution in [0.4, 0.5) is 0 Å². The van der Waals surface area contributed by atoms with Crippen molar-refractivity contribution in [3.63, 3.8) is 0 Å². The van der Waals surface area contributed by atoms with E-state index >= 15 is 0 Å². The summed E-state index contributed by atoms with van der Waals surface area (Å²) in [6.45, 7) is 8.59. The summed E-state index contributed by atoms with van der Waals surface area (Å²) < 4.78 is 5.80. The summed E-state index contributed by atoms with van der Waals surface area (Å²) in [6, 6.07) is -0.338. The average molecular weight is 390 g/mol. The number of hydrogen-bond acceptors (Lipinski definition) is 5. The smallest absolute Gasteiger partial charge is 0.240 e. The third kappa shape index (κ3) is 6.53. The molecule has 1 aliphatic carbocycles. The predicted octanol–water partition coefficient (Wildman–Crippen LogP) is 0.0918. The van der Waals surface area contributed by atoms with Gasteiger partial charge in [-0.2, -0.15) is 0 Å². The number of ether oxygens (including phenoxy) is 1. The Hall–Kier alpha value is -2.61. The summed E-state index contributed by atoms with van der Waals surface area (Å²) in [7, 11) is 1.60. The van der Waals surface area contributed by atoms with Gasteiger partial charge in [0, 0.05) is 20.1 Å². The maximum Gasteiger partial charge on any atom is 0.240 e. The Morgan fingerprint density at radius 2 is 1.82 bits per heavy atom. The first-order valence-corrected chi connectivity index (χ1v) is 9.58. The number of likely N-dealkylation sites (N-methyl/N-ethyl adjacent to an activating group) is 1. The number of hydrogen-bond donors (Lipinski definition) is 3. The van der Waals surface area contributed by atoms with Crippen molar-refractivity contribution < 1.29 is 19.1 Å². The topological polar surface area (TPSA) is 99.8 Å². The molecule has 1 aliphatic heterocycles. The van der Waals surface area contributed by atoms with Crippen LogP contribution in [0.5, 0.6) is 0 Å². The number of carbonyl (C=O) groups is 3. The molecule has 2 aliphatic rings. The van der Waals surface area contributed by atoms with Gasteiger partial charge in [0.15, 0.2) is 0 Å². The molecule has 8 nitrogen and oxygen atoms in total. The molecule has 1 unspecified atom stereocenters. The van der Waals surface area contributed by atoms with Gasteiger partial charge in [0.2, 0.25) is 17.7 Å². The first-order chi connectivity index (χ1) is 13.5. The number of carbonyl (C=O) groups excluding carboxylic acids is 3. The normalized spacial score (nSPS) is 26.5. The summed E-state index contributed by atoms with van der Waals surface area (Å²) in [5.41, 5.74) is 0.832. The van der Waals surface area contributed by atoms with Crippen molar-refractivity contribution in [2.24, 2.45) is 5.92 Å². The predicted molar refractivity (Wildman–Crippen MR) is 106 cm³/mol. The summed E-state index contributed by atoms with van der Waals surface area (Å²) in [4.78, 5) is 38.1. The number of amides is 3. The van der Waals surface area contributed by atoms with Crippen molar-refractivity contribution >= 4 is 17.7 Å². The zero-order valence-corrected chi connectivity index (χ0v) is 16.5. The number of nitrogens with one attached hydrogen (secondary N) is 3. The molecule has 0 aromatic carbocycles. The van der Waals surface area contributed by atoms with Gasteiger partial charge in [-0.1, -0.05) is 19.2 Å². The van der Waals surface area contributed by atoms with E-state index in [0.717, 1.165) is 18.4 Å². The minimum atomic E-state index is -0.367. The second-order valence-corrected chi connectivity index (χ2v) is 6.99. The van der Waals surface area contributed by atoms with Crippen LogP contribution in [0.15, 0.2) is 36.6 Å². The lowest BCUT2D eigenvalue weighted by Gasteiger charge is -2.24. The molecule has 0 aromatic rings. The van der Waals surface area contributed by atoms with Crippen LogP contribution in [0.25, 0.3) is 0 Å². The van der Waals surface area contributed by atoms with Crippen LogP contribution in [0, 0.1) is 5.92 Å². The van der Waals surface area contributed by atoms with Gasteiger partial charge in [-0.3, -0.25) is 14.4 Å². The van der Waals surface area contributed by atoms with Crippen LogP contribution in [0.3, 0.4) is 0 Å². The van der Waals surface area contributed by atoms with Gasteiger partial charge in [0.25, 0.3) is 0 Å². The molecule has 1 heterocycles. The number of rotatable bonds is 3. The fourth-order valence-corrected chi connectivity index (χ4v) is 3.03. The van der Waals surface area contributed by atoms with E-state index in [1.165, 1.54) is 4.90 Å². The van der Waals surface area contributed by atoms with E-state index < -0.39 is 0 Å². The lowest BCUT2D eigenvalue weighted by atomic mass is 10.1. The van der Waals surface area contributed by atoms with Gasteiger partial charge in [-0.25, -0.2) is 0 Å². The fraction of sp³-hybridized carbons (Fsp3) is 0.550. The Balaban J connectivity index is 2.11. The second-order valence-electron chi connectivity index (χ2n) is 6.99. The molecule has 0 saturated heterocycles. The first-order valence-electron chi connectivity index (χ1n) is 9.58. The summed E-state index contributed by atoms with van der Waals surface area (Å²) >= 11 is 0. The van der Waals surface area contributed by atoms with Crippen molar-refractivity contribution in [1.29, 1.82) is 0 Å². The second kappa shape index (κ2) is 10.7. The standard InChI is InChI=1S/C20H30N4O4/c1-4-14-8-9-21-17(25)12-23-18(26)13-24(3)20(27)19(15-6-7-15)22-10-11-28-16(14)5-2/h4-5,15,19,22H,1-2,6-13H2,3H3,(H,21,25)(H,23,26)/b16-14-. The molecule has 0 spiro atoms. The molecule has 2 rings (SSSR count). The zero-order chi connectivity index (χ0) is 20.5. The molecule has 0 aromatic heterocycles. The van der Waals surface area contributed by atoms with Crippen molar-refractivity contribution in [3.8, 4) is 0 Å². The molecule has 3 N–H and O–H groups in total. The SMILES string of the molecule is C=C/C1=C(\C=C)OCCNC(C2CC2)C(=O)N(C)CC(=O)NCC(=O)NCC1. The highest BCUT2D eigenvalue weighted by molar-refractivity contribution is 5.89. The quantitative estimate of drug-likeness (QED) is 0.634. The van der Waals surface area contributed by atoms with Gasteiger partial charge >= 0.3 is 0 Å². The Bertz CT molecular complexity index is 655. The molecule has 1 atom stereocenters. The number of allylic oxidation sites excluding steroid dienone is 2. The molecule has 0 bridgehead atoms. The molecular formula is C20H30N4O4. The highest BCUT2D eigenvalue weighted by atomic mass is 16.5. The molecule has 3 amide bonds. The Morgan fingerprint density at radius 1 is 1.07 bits per heavy atom. The fourth-order valence-electron chi connectivity index (χ4n) is 3.03. The first kappa shape index (κ1) is 21.7. The van der Waals surface area contributed by atoms with Crippen molar-refractivity contribution in [1.82, 2.24) is 20.9 Å². The van der Waals surface area contributed by atoms with Crippen LogP contribution in [-0.2, 0) is 19.1 Å². The monoisotopic (exact) mass is 390 g/mol. The van der Waals surface area contributed by atoms with E-state index in [4.69, 9.17) is 4.74 Å². The van der Waals surface area contributed by atoms with E-state index in [9.17, 15) is 14.4 Å². The molecule has 28 heavy (non-hydrogen) atoms. The summed E-state index contributed by atoms with van der Waals surface area (Å²) in [6.07, 6.45) is 5.80. The Morgan fingerprint density at radius 3 is 2.46 bits per heavy atom. The van der Waals surface area contributed by atoms with E-state index in [0.29, 0.717) is 31.9 Å². The maximum absolute atomic E-state index is 12.7. The highest BCUT2D eigenvalue weighted by Crippen LogP contribution is 2.33. The Labute approximate surface area is 166 Å². The van der Waals surface area contributed by atoms with Crippen LogP contribution < -0.4 is 16.0 Å². The van der Waals surface area contributed by atoms with Gasteiger partial charge in [0.1, 0.15) is 12.4 Å². The zero-order valence-electron chi connectivity index (χ0n) is 16.5. The molecule has 154 valence electrons. The maximum atomic E-state index is 12.7. The van der Waals surface area contributed by atoms with Gasteiger partial charge in [-0.05, 0) is 36.8 Å². The van der Waals surface area contributed by atoms with Crippen LogP contribution >= 0.6 is 0 Å². The lowest BCUT2D eigenvalue weighted by molar-refractivity contribution is -0.137.